The van der Waals surface area contributed by atoms with Gasteiger partial charge in [-0.3, -0.25) is 14.7 Å². The lowest BCUT2D eigenvalue weighted by atomic mass is 10.0. The van der Waals surface area contributed by atoms with Gasteiger partial charge in [0.1, 0.15) is 5.75 Å². The second-order valence-electron chi connectivity index (χ2n) is 8.01. The van der Waals surface area contributed by atoms with Crippen molar-refractivity contribution in [3.63, 3.8) is 0 Å². The topological polar surface area (TPSA) is 67.3 Å². The summed E-state index contributed by atoms with van der Waals surface area (Å²) < 4.78 is 7.59. The number of fused-ring (bicyclic) bond motifs is 1. The molecule has 156 valence electrons. The predicted octanol–water partition coefficient (Wildman–Crippen LogP) is 3.64. The number of carbonyl (C=O) groups is 1. The molecule has 1 aliphatic rings. The Labute approximate surface area is 176 Å². The number of nitrogens with one attached hydrogen (secondary N) is 1. The predicted molar refractivity (Wildman–Crippen MR) is 116 cm³/mol. The summed E-state index contributed by atoms with van der Waals surface area (Å²) in [6.45, 7) is 6.83. The highest BCUT2D eigenvalue weighted by atomic mass is 16.5. The number of carbonyl (C=O) groups excluding carboxylic acids is 1. The number of nitrogens with zero attached hydrogens (tertiary/aromatic N) is 2. The van der Waals surface area contributed by atoms with Crippen LogP contribution in [0.25, 0.3) is 5.69 Å². The normalized spacial score (nSPS) is 14.5. The Morgan fingerprint density at radius 2 is 1.73 bits per heavy atom. The highest BCUT2D eigenvalue weighted by Gasteiger charge is 2.29. The van der Waals surface area contributed by atoms with Crippen LogP contribution in [0.15, 0.2) is 59.4 Å². The number of hydrogen-bond acceptors (Lipinski definition) is 3. The van der Waals surface area contributed by atoms with E-state index in [2.05, 4.69) is 18.9 Å². The number of amides is 1. The molecule has 0 saturated carbocycles. The third-order valence-electron chi connectivity index (χ3n) is 5.57. The maximum Gasteiger partial charge on any atom is 0.276 e. The van der Waals surface area contributed by atoms with Crippen molar-refractivity contribution in [1.82, 2.24) is 14.7 Å². The zero-order valence-corrected chi connectivity index (χ0v) is 17.6. The summed E-state index contributed by atoms with van der Waals surface area (Å²) in [4.78, 5) is 27.7. The fourth-order valence-corrected chi connectivity index (χ4v) is 3.91. The van der Waals surface area contributed by atoms with Crippen LogP contribution in [0.5, 0.6) is 5.75 Å². The molecule has 1 N–H and O–H groups in total. The van der Waals surface area contributed by atoms with E-state index in [1.165, 1.54) is 0 Å². The molecule has 1 amide bonds. The minimum Gasteiger partial charge on any atom is -0.481 e. The van der Waals surface area contributed by atoms with Crippen LogP contribution >= 0.6 is 0 Å². The Kier molecular flexibility index (Phi) is 5.48. The van der Waals surface area contributed by atoms with Gasteiger partial charge in [0.2, 0.25) is 0 Å². The summed E-state index contributed by atoms with van der Waals surface area (Å²) >= 11 is 0. The van der Waals surface area contributed by atoms with E-state index in [-0.39, 0.29) is 11.5 Å². The van der Waals surface area contributed by atoms with Gasteiger partial charge in [0.25, 0.3) is 11.5 Å². The van der Waals surface area contributed by atoms with Crippen LogP contribution in [0.1, 0.15) is 43.5 Å². The number of benzene rings is 2. The van der Waals surface area contributed by atoms with Gasteiger partial charge in [-0.15, -0.1) is 0 Å². The van der Waals surface area contributed by atoms with Crippen molar-refractivity contribution >= 4 is 5.91 Å². The van der Waals surface area contributed by atoms with Crippen molar-refractivity contribution in [3.05, 3.63) is 81.8 Å². The zero-order chi connectivity index (χ0) is 21.3. The van der Waals surface area contributed by atoms with Crippen LogP contribution in [-0.2, 0) is 17.8 Å². The molecular weight excluding hydrogens is 378 g/mol. The first kappa shape index (κ1) is 20.0. The smallest absolute Gasteiger partial charge is 0.276 e. The van der Waals surface area contributed by atoms with Crippen molar-refractivity contribution in [3.8, 4) is 11.4 Å². The third-order valence-corrected chi connectivity index (χ3v) is 5.57. The van der Waals surface area contributed by atoms with Crippen LogP contribution in [0.3, 0.4) is 0 Å². The molecule has 0 aliphatic carbocycles. The summed E-state index contributed by atoms with van der Waals surface area (Å²) in [6, 6.07) is 17.3. The van der Waals surface area contributed by atoms with Gasteiger partial charge in [-0.2, -0.15) is 0 Å². The highest BCUT2D eigenvalue weighted by Crippen LogP contribution is 2.27. The van der Waals surface area contributed by atoms with Crippen molar-refractivity contribution in [2.45, 2.75) is 45.8 Å². The minimum absolute atomic E-state index is 0.104. The van der Waals surface area contributed by atoms with Crippen LogP contribution < -0.4 is 10.3 Å². The minimum atomic E-state index is -0.623. The quantitative estimate of drug-likeness (QED) is 0.705. The summed E-state index contributed by atoms with van der Waals surface area (Å²) in [5.74, 6) is 0.933. The molecule has 4 rings (SSSR count). The average Bonchev–Trinajstić information content (AvgIpc) is 3.10. The molecule has 6 heteroatoms. The van der Waals surface area contributed by atoms with E-state index in [1.54, 1.807) is 16.5 Å². The van der Waals surface area contributed by atoms with Crippen molar-refractivity contribution in [2.24, 2.45) is 0 Å². The Bertz CT molecular complexity index is 1100. The number of para-hydroxylation sites is 2. The largest absolute Gasteiger partial charge is 0.481 e. The second kappa shape index (κ2) is 8.22. The van der Waals surface area contributed by atoms with Gasteiger partial charge in [0.15, 0.2) is 6.10 Å². The first-order valence-electron chi connectivity index (χ1n) is 10.4. The van der Waals surface area contributed by atoms with Crippen molar-refractivity contribution in [1.29, 1.82) is 0 Å². The molecule has 0 bridgehead atoms. The summed E-state index contributed by atoms with van der Waals surface area (Å²) in [6.07, 6.45) is -0.00687. The molecule has 0 spiro atoms. The second-order valence-corrected chi connectivity index (χ2v) is 8.01. The van der Waals surface area contributed by atoms with Gasteiger partial charge in [-0.25, -0.2) is 4.68 Å². The average molecular weight is 405 g/mol. The number of aromatic nitrogens is 2. The molecule has 1 aliphatic heterocycles. The standard InChI is InChI=1S/C24H27N3O3/c1-16(2)19-11-7-8-12-22(19)30-17(3)23(28)26-14-13-21-20(15-26)24(29)27(25-21)18-9-5-4-6-10-18/h4-12,16-17,25H,13-15H2,1-3H3. The summed E-state index contributed by atoms with van der Waals surface area (Å²) in [7, 11) is 0. The molecule has 6 nitrogen and oxygen atoms in total. The van der Waals surface area contributed by atoms with Crippen LogP contribution in [0, 0.1) is 0 Å². The van der Waals surface area contributed by atoms with E-state index in [0.717, 1.165) is 22.7 Å². The first-order chi connectivity index (χ1) is 14.5. The molecular formula is C24H27N3O3. The van der Waals surface area contributed by atoms with E-state index in [1.807, 2.05) is 54.6 Å². The SMILES string of the molecule is CC(Oc1ccccc1C(C)C)C(=O)N1CCc2[nH]n(-c3ccccc3)c(=O)c2C1. The Morgan fingerprint density at radius 3 is 2.47 bits per heavy atom. The number of H-pyrrole nitrogens is 1. The molecule has 0 radical (unpaired) electrons. The van der Waals surface area contributed by atoms with Crippen LogP contribution in [0.4, 0.5) is 0 Å². The molecule has 0 fully saturated rings. The summed E-state index contributed by atoms with van der Waals surface area (Å²) in [5, 5.41) is 3.20. The zero-order valence-electron chi connectivity index (χ0n) is 17.6. The Balaban J connectivity index is 1.51. The van der Waals surface area contributed by atoms with E-state index in [0.29, 0.717) is 31.0 Å². The van der Waals surface area contributed by atoms with E-state index in [9.17, 15) is 9.59 Å². The summed E-state index contributed by atoms with van der Waals surface area (Å²) in [5.41, 5.74) is 3.30. The maximum atomic E-state index is 13.1. The number of ether oxygens (including phenoxy) is 1. The maximum absolute atomic E-state index is 13.1. The van der Waals surface area contributed by atoms with E-state index < -0.39 is 6.10 Å². The highest BCUT2D eigenvalue weighted by molar-refractivity contribution is 5.81. The molecule has 1 aromatic heterocycles. The molecule has 2 aromatic carbocycles. The molecule has 1 unspecified atom stereocenters. The number of hydrogen-bond donors (Lipinski definition) is 1. The van der Waals surface area contributed by atoms with Crippen LogP contribution in [-0.4, -0.2) is 33.2 Å². The fraction of sp³-hybridized carbons (Fsp3) is 0.333. The molecule has 2 heterocycles. The van der Waals surface area contributed by atoms with Gasteiger partial charge < -0.3 is 9.64 Å². The van der Waals surface area contributed by atoms with Gasteiger partial charge in [-0.05, 0) is 36.6 Å². The third kappa shape index (κ3) is 3.77. The number of aromatic amines is 1. The van der Waals surface area contributed by atoms with E-state index in [4.69, 9.17) is 4.74 Å². The van der Waals surface area contributed by atoms with Gasteiger partial charge in [-0.1, -0.05) is 50.2 Å². The molecule has 30 heavy (non-hydrogen) atoms. The fourth-order valence-electron chi connectivity index (χ4n) is 3.91. The Hall–Kier alpha value is -3.28. The monoisotopic (exact) mass is 405 g/mol. The first-order valence-corrected chi connectivity index (χ1v) is 10.4. The van der Waals surface area contributed by atoms with E-state index >= 15 is 0 Å². The lowest BCUT2D eigenvalue weighted by Gasteiger charge is -2.29. The lowest BCUT2D eigenvalue weighted by Crippen LogP contribution is -2.44. The number of rotatable bonds is 5. The van der Waals surface area contributed by atoms with Crippen LogP contribution in [0.2, 0.25) is 0 Å². The van der Waals surface area contributed by atoms with Gasteiger partial charge in [0, 0.05) is 18.7 Å². The molecule has 0 saturated heterocycles. The van der Waals surface area contributed by atoms with Gasteiger partial charge >= 0.3 is 0 Å². The molecule has 3 aromatic rings. The van der Waals surface area contributed by atoms with Gasteiger partial charge in [0.05, 0.1) is 17.8 Å². The van der Waals surface area contributed by atoms with Crippen molar-refractivity contribution < 1.29 is 9.53 Å². The lowest BCUT2D eigenvalue weighted by molar-refractivity contribution is -0.138. The Morgan fingerprint density at radius 1 is 1.03 bits per heavy atom. The van der Waals surface area contributed by atoms with Crippen molar-refractivity contribution in [2.75, 3.05) is 6.54 Å². The molecule has 1 atom stereocenters.